The first-order valence-electron chi connectivity index (χ1n) is 6.82. The van der Waals surface area contributed by atoms with Crippen LogP contribution in [0.3, 0.4) is 0 Å². The molecule has 0 atom stereocenters. The second-order valence-corrected chi connectivity index (χ2v) is 6.71. The number of pyridine rings is 1. The molecule has 0 spiro atoms. The summed E-state index contributed by atoms with van der Waals surface area (Å²) >= 11 is 6.01. The molecule has 1 saturated carbocycles. The van der Waals surface area contributed by atoms with Gasteiger partial charge >= 0.3 is 0 Å². The number of nitrogens with one attached hydrogen (secondary N) is 1. The Morgan fingerprint density at radius 2 is 2.11 bits per heavy atom. The molecule has 1 aliphatic rings. The molecular formula is C15H21ClN2O. The van der Waals surface area contributed by atoms with Crippen molar-refractivity contribution in [3.8, 4) is 0 Å². The van der Waals surface area contributed by atoms with Gasteiger partial charge in [0.25, 0.3) is 5.91 Å². The Labute approximate surface area is 119 Å². The summed E-state index contributed by atoms with van der Waals surface area (Å²) in [4.78, 5) is 16.4. The molecule has 0 aromatic carbocycles. The molecular weight excluding hydrogens is 260 g/mol. The van der Waals surface area contributed by atoms with Gasteiger partial charge in [0.15, 0.2) is 0 Å². The smallest absolute Gasteiger partial charge is 0.251 e. The van der Waals surface area contributed by atoms with Gasteiger partial charge in [0.05, 0.1) is 0 Å². The van der Waals surface area contributed by atoms with E-state index in [4.69, 9.17) is 11.6 Å². The highest BCUT2D eigenvalue weighted by Crippen LogP contribution is 2.26. The predicted octanol–water partition coefficient (Wildman–Crippen LogP) is 3.56. The first kappa shape index (κ1) is 14.3. The van der Waals surface area contributed by atoms with Gasteiger partial charge in [-0.3, -0.25) is 4.79 Å². The lowest BCUT2D eigenvalue weighted by Crippen LogP contribution is -2.32. The molecule has 0 unspecified atom stereocenters. The molecule has 2 rings (SSSR count). The van der Waals surface area contributed by atoms with Crippen LogP contribution >= 0.6 is 11.6 Å². The van der Waals surface area contributed by atoms with E-state index >= 15 is 0 Å². The maximum atomic E-state index is 12.1. The van der Waals surface area contributed by atoms with Crippen molar-refractivity contribution in [1.29, 1.82) is 0 Å². The van der Waals surface area contributed by atoms with Gasteiger partial charge in [-0.15, -0.1) is 0 Å². The molecule has 0 bridgehead atoms. The summed E-state index contributed by atoms with van der Waals surface area (Å²) in [7, 11) is 0. The van der Waals surface area contributed by atoms with E-state index in [9.17, 15) is 4.79 Å². The van der Waals surface area contributed by atoms with Crippen molar-refractivity contribution in [1.82, 2.24) is 10.3 Å². The lowest BCUT2D eigenvalue weighted by atomic mass is 9.85. The predicted molar refractivity (Wildman–Crippen MR) is 77.6 cm³/mol. The highest BCUT2D eigenvalue weighted by Gasteiger charge is 2.21. The summed E-state index contributed by atoms with van der Waals surface area (Å²) in [5, 5.41) is 3.36. The highest BCUT2D eigenvalue weighted by atomic mass is 35.5. The van der Waals surface area contributed by atoms with E-state index < -0.39 is 0 Å². The van der Waals surface area contributed by atoms with Gasteiger partial charge in [-0.05, 0) is 30.9 Å². The Bertz CT molecular complexity index is 476. The van der Waals surface area contributed by atoms with Crippen LogP contribution in [0.1, 0.15) is 56.1 Å². The second-order valence-electron chi connectivity index (χ2n) is 6.32. The topological polar surface area (TPSA) is 42.0 Å². The quantitative estimate of drug-likeness (QED) is 0.860. The van der Waals surface area contributed by atoms with Gasteiger partial charge < -0.3 is 5.32 Å². The molecule has 1 amide bonds. The number of nitrogens with zero attached hydrogens (tertiary/aromatic N) is 1. The van der Waals surface area contributed by atoms with Crippen molar-refractivity contribution in [2.45, 2.75) is 45.4 Å². The molecule has 0 aliphatic heterocycles. The Kier molecular flexibility index (Phi) is 4.14. The van der Waals surface area contributed by atoms with Crippen LogP contribution in [0.25, 0.3) is 0 Å². The van der Waals surface area contributed by atoms with E-state index in [1.165, 1.54) is 19.3 Å². The molecule has 1 aromatic rings. The van der Waals surface area contributed by atoms with Crippen LogP contribution in [-0.2, 0) is 5.41 Å². The molecule has 1 fully saturated rings. The molecule has 1 N–H and O–H groups in total. The van der Waals surface area contributed by atoms with Gasteiger partial charge in [0.1, 0.15) is 5.15 Å². The first-order chi connectivity index (χ1) is 8.86. The second kappa shape index (κ2) is 5.49. The van der Waals surface area contributed by atoms with Crippen molar-refractivity contribution >= 4 is 17.5 Å². The summed E-state index contributed by atoms with van der Waals surface area (Å²) in [6.07, 6.45) is 3.74. The van der Waals surface area contributed by atoms with E-state index in [1.807, 2.05) is 6.07 Å². The molecule has 1 aromatic heterocycles. The van der Waals surface area contributed by atoms with Crippen molar-refractivity contribution < 1.29 is 4.79 Å². The molecule has 104 valence electrons. The zero-order valence-electron chi connectivity index (χ0n) is 11.8. The van der Waals surface area contributed by atoms with E-state index in [0.717, 1.165) is 12.2 Å². The maximum Gasteiger partial charge on any atom is 0.251 e. The van der Waals surface area contributed by atoms with Gasteiger partial charge in [-0.1, -0.05) is 38.8 Å². The van der Waals surface area contributed by atoms with Crippen LogP contribution in [0.4, 0.5) is 0 Å². The summed E-state index contributed by atoms with van der Waals surface area (Å²) in [5.74, 6) is 0.602. The average Bonchev–Trinajstić information content (AvgIpc) is 2.24. The number of carbonyl (C=O) groups excluding carboxylic acids is 1. The number of hydrogen-bond acceptors (Lipinski definition) is 2. The number of rotatable bonds is 3. The standard InChI is InChI=1S/C15H21ClN2O/c1-15(2,3)12-7-11(8-13(16)18-12)14(19)17-9-10-5-4-6-10/h7-8,10H,4-6,9H2,1-3H3,(H,17,19). The van der Waals surface area contributed by atoms with Crippen LogP contribution in [0.15, 0.2) is 12.1 Å². The molecule has 3 nitrogen and oxygen atoms in total. The van der Waals surface area contributed by atoms with E-state index in [2.05, 4.69) is 31.1 Å². The number of hydrogen-bond donors (Lipinski definition) is 1. The van der Waals surface area contributed by atoms with Crippen LogP contribution in [0.5, 0.6) is 0 Å². The molecule has 19 heavy (non-hydrogen) atoms. The number of aromatic nitrogens is 1. The zero-order chi connectivity index (χ0) is 14.0. The van der Waals surface area contributed by atoms with Crippen molar-refractivity contribution in [2.24, 2.45) is 5.92 Å². The normalized spacial score (nSPS) is 16.0. The van der Waals surface area contributed by atoms with Crippen LogP contribution in [0, 0.1) is 5.92 Å². The minimum absolute atomic E-state index is 0.0540. The minimum atomic E-state index is -0.117. The van der Waals surface area contributed by atoms with Crippen molar-refractivity contribution in [2.75, 3.05) is 6.54 Å². The fourth-order valence-electron chi connectivity index (χ4n) is 2.05. The Morgan fingerprint density at radius 1 is 1.42 bits per heavy atom. The summed E-state index contributed by atoms with van der Waals surface area (Å²) < 4.78 is 0. The molecule has 0 radical (unpaired) electrons. The maximum absolute atomic E-state index is 12.1. The van der Waals surface area contributed by atoms with Crippen molar-refractivity contribution in [3.05, 3.63) is 28.5 Å². The first-order valence-corrected chi connectivity index (χ1v) is 7.20. The third-order valence-corrected chi connectivity index (χ3v) is 3.79. The van der Waals surface area contributed by atoms with Gasteiger partial charge in [0, 0.05) is 23.2 Å². The lowest BCUT2D eigenvalue weighted by molar-refractivity contribution is 0.0939. The molecule has 4 heteroatoms. The number of amides is 1. The Hall–Kier alpha value is -1.09. The third kappa shape index (κ3) is 3.69. The largest absolute Gasteiger partial charge is 0.352 e. The third-order valence-electron chi connectivity index (χ3n) is 3.60. The summed E-state index contributed by atoms with van der Waals surface area (Å²) in [6, 6.07) is 3.47. The fraction of sp³-hybridized carbons (Fsp3) is 0.600. The molecule has 1 heterocycles. The molecule has 0 saturated heterocycles. The van der Waals surface area contributed by atoms with E-state index in [1.54, 1.807) is 6.07 Å². The Balaban J connectivity index is 2.09. The van der Waals surface area contributed by atoms with Crippen LogP contribution < -0.4 is 5.32 Å². The number of halogens is 1. The monoisotopic (exact) mass is 280 g/mol. The van der Waals surface area contributed by atoms with E-state index in [0.29, 0.717) is 16.6 Å². The van der Waals surface area contributed by atoms with Crippen LogP contribution in [0.2, 0.25) is 5.15 Å². The number of carbonyl (C=O) groups is 1. The lowest BCUT2D eigenvalue weighted by Gasteiger charge is -2.25. The average molecular weight is 281 g/mol. The van der Waals surface area contributed by atoms with Crippen LogP contribution in [-0.4, -0.2) is 17.4 Å². The van der Waals surface area contributed by atoms with E-state index in [-0.39, 0.29) is 11.3 Å². The molecule has 1 aliphatic carbocycles. The minimum Gasteiger partial charge on any atom is -0.352 e. The van der Waals surface area contributed by atoms with Gasteiger partial charge in [0.2, 0.25) is 0 Å². The van der Waals surface area contributed by atoms with Gasteiger partial charge in [-0.2, -0.15) is 0 Å². The SMILES string of the molecule is CC(C)(C)c1cc(C(=O)NCC2CCC2)cc(Cl)n1. The Morgan fingerprint density at radius 3 is 2.63 bits per heavy atom. The summed E-state index contributed by atoms with van der Waals surface area (Å²) in [5.41, 5.74) is 1.33. The summed E-state index contributed by atoms with van der Waals surface area (Å²) in [6.45, 7) is 6.94. The van der Waals surface area contributed by atoms with Crippen molar-refractivity contribution in [3.63, 3.8) is 0 Å². The fourth-order valence-corrected chi connectivity index (χ4v) is 2.26. The van der Waals surface area contributed by atoms with Gasteiger partial charge in [-0.25, -0.2) is 4.98 Å². The highest BCUT2D eigenvalue weighted by molar-refractivity contribution is 6.29. The zero-order valence-corrected chi connectivity index (χ0v) is 12.5.